The molecule has 3 atom stereocenters. The zero-order valence-electron chi connectivity index (χ0n) is 14.3. The van der Waals surface area contributed by atoms with Gasteiger partial charge in [0.1, 0.15) is 5.82 Å². The molecule has 25 heavy (non-hydrogen) atoms. The fraction of sp³-hybridized carbons (Fsp3) is 0.500. The van der Waals surface area contributed by atoms with Crippen LogP contribution in [0.15, 0.2) is 35.4 Å². The summed E-state index contributed by atoms with van der Waals surface area (Å²) in [4.78, 5) is 33.8. The number of nitrogens with zero attached hydrogens (tertiary/aromatic N) is 3. The van der Waals surface area contributed by atoms with Gasteiger partial charge < -0.3 is 14.9 Å². The third kappa shape index (κ3) is 3.11. The lowest BCUT2D eigenvalue weighted by Gasteiger charge is -2.46. The van der Waals surface area contributed by atoms with Crippen LogP contribution in [0.4, 0.5) is 0 Å². The molecule has 4 heterocycles. The summed E-state index contributed by atoms with van der Waals surface area (Å²) in [5.41, 5.74) is 1.12. The maximum absolute atomic E-state index is 12.5. The van der Waals surface area contributed by atoms with Crippen LogP contribution in [0.5, 0.6) is 0 Å². The predicted molar refractivity (Wildman–Crippen MR) is 93.1 cm³/mol. The Morgan fingerprint density at radius 3 is 3.04 bits per heavy atom. The Morgan fingerprint density at radius 1 is 1.40 bits per heavy atom. The Morgan fingerprint density at radius 2 is 2.28 bits per heavy atom. The number of imidazole rings is 1. The van der Waals surface area contributed by atoms with Crippen molar-refractivity contribution in [1.82, 2.24) is 24.8 Å². The number of amides is 1. The van der Waals surface area contributed by atoms with Gasteiger partial charge in [-0.3, -0.25) is 14.5 Å². The van der Waals surface area contributed by atoms with Crippen molar-refractivity contribution in [2.75, 3.05) is 19.6 Å². The molecule has 0 aromatic carbocycles. The lowest BCUT2D eigenvalue weighted by atomic mass is 9.78. The van der Waals surface area contributed by atoms with E-state index in [0.717, 1.165) is 37.6 Å². The van der Waals surface area contributed by atoms with E-state index in [1.807, 2.05) is 16.8 Å². The van der Waals surface area contributed by atoms with Crippen molar-refractivity contribution >= 4 is 5.91 Å². The molecule has 2 N–H and O–H groups in total. The molecule has 7 heteroatoms. The van der Waals surface area contributed by atoms with Gasteiger partial charge >= 0.3 is 0 Å². The van der Waals surface area contributed by atoms with E-state index < -0.39 is 0 Å². The molecular weight excluding hydrogens is 318 g/mol. The second kappa shape index (κ2) is 6.48. The van der Waals surface area contributed by atoms with E-state index in [2.05, 4.69) is 26.3 Å². The Balaban J connectivity index is 1.64. The van der Waals surface area contributed by atoms with Gasteiger partial charge in [0, 0.05) is 56.6 Å². The largest absolute Gasteiger partial charge is 0.354 e. The molecule has 1 fully saturated rings. The van der Waals surface area contributed by atoms with Gasteiger partial charge in [-0.05, 0) is 18.4 Å². The molecule has 1 amide bonds. The number of fused-ring (bicyclic) bond motifs is 4. The minimum Gasteiger partial charge on any atom is -0.354 e. The van der Waals surface area contributed by atoms with Crippen molar-refractivity contribution in [3.63, 3.8) is 0 Å². The van der Waals surface area contributed by atoms with Crippen LogP contribution < -0.4 is 10.9 Å². The van der Waals surface area contributed by atoms with E-state index in [-0.39, 0.29) is 17.5 Å². The highest BCUT2D eigenvalue weighted by atomic mass is 16.1. The average Bonchev–Trinajstić information content (AvgIpc) is 3.08. The zero-order valence-corrected chi connectivity index (χ0v) is 14.3. The molecule has 0 spiro atoms. The zero-order chi connectivity index (χ0) is 17.4. The van der Waals surface area contributed by atoms with Crippen LogP contribution in [0.3, 0.4) is 0 Å². The third-order valence-corrected chi connectivity index (χ3v) is 5.36. The number of piperidine rings is 1. The quantitative estimate of drug-likeness (QED) is 0.864. The number of aromatic nitrogens is 3. The second-order valence-corrected chi connectivity index (χ2v) is 7.09. The number of likely N-dealkylation sites (tertiary alicyclic amines) is 1. The number of aromatic amines is 1. The van der Waals surface area contributed by atoms with Gasteiger partial charge in [-0.15, -0.1) is 0 Å². The van der Waals surface area contributed by atoms with Crippen molar-refractivity contribution < 1.29 is 4.79 Å². The van der Waals surface area contributed by atoms with Gasteiger partial charge in [0.15, 0.2) is 0 Å². The smallest absolute Gasteiger partial charge is 0.251 e. The van der Waals surface area contributed by atoms with Crippen LogP contribution in [0, 0.1) is 5.92 Å². The topological polar surface area (TPSA) is 83.0 Å². The Kier molecular flexibility index (Phi) is 4.17. The Hall–Kier alpha value is -2.41. The number of hydrogen-bond donors (Lipinski definition) is 2. The van der Waals surface area contributed by atoms with Crippen LogP contribution in [0.1, 0.15) is 36.8 Å². The van der Waals surface area contributed by atoms with Gasteiger partial charge in [-0.2, -0.15) is 0 Å². The van der Waals surface area contributed by atoms with E-state index in [9.17, 15) is 9.59 Å². The highest BCUT2D eigenvalue weighted by Crippen LogP contribution is 2.41. The summed E-state index contributed by atoms with van der Waals surface area (Å²) in [6, 6.07) is 5.52. The Labute approximate surface area is 146 Å². The highest BCUT2D eigenvalue weighted by Gasteiger charge is 2.40. The molecule has 4 rings (SSSR count). The van der Waals surface area contributed by atoms with Crippen LogP contribution in [0.2, 0.25) is 0 Å². The van der Waals surface area contributed by atoms with Crippen molar-refractivity contribution in [2.45, 2.75) is 31.8 Å². The minimum atomic E-state index is -0.0593. The first-order chi connectivity index (χ1) is 12.1. The predicted octanol–water partition coefficient (Wildman–Crippen LogP) is 0.868. The van der Waals surface area contributed by atoms with E-state index in [0.29, 0.717) is 18.4 Å². The summed E-state index contributed by atoms with van der Waals surface area (Å²) in [6.45, 7) is 4.63. The van der Waals surface area contributed by atoms with Gasteiger partial charge in [0.2, 0.25) is 5.91 Å². The molecule has 0 saturated carbocycles. The van der Waals surface area contributed by atoms with Crippen molar-refractivity contribution in [3.05, 3.63) is 52.5 Å². The molecule has 0 aliphatic carbocycles. The van der Waals surface area contributed by atoms with Crippen molar-refractivity contribution in [1.29, 1.82) is 0 Å². The fourth-order valence-electron chi connectivity index (χ4n) is 4.37. The molecule has 0 radical (unpaired) electrons. The average molecular weight is 341 g/mol. The SMILES string of the molecule is CC(=O)NC[C@H]1[C@H]2C[C@H](CN(Cc3ncc[nH]3)C2)c2cccc(=O)n21. The molecule has 2 aliphatic heterocycles. The number of carbonyl (C=O) groups is 1. The number of carbonyl (C=O) groups excluding carboxylic acids is 1. The third-order valence-electron chi connectivity index (χ3n) is 5.36. The van der Waals surface area contributed by atoms with Crippen LogP contribution >= 0.6 is 0 Å². The number of rotatable bonds is 4. The summed E-state index contributed by atoms with van der Waals surface area (Å²) in [5, 5.41) is 2.91. The van der Waals surface area contributed by atoms with E-state index in [1.54, 1.807) is 12.3 Å². The summed E-state index contributed by atoms with van der Waals surface area (Å²) in [7, 11) is 0. The van der Waals surface area contributed by atoms with Gasteiger partial charge in [0.25, 0.3) is 5.56 Å². The lowest BCUT2D eigenvalue weighted by molar-refractivity contribution is -0.119. The van der Waals surface area contributed by atoms with Crippen molar-refractivity contribution in [2.24, 2.45) is 5.92 Å². The van der Waals surface area contributed by atoms with Gasteiger partial charge in [0.05, 0.1) is 12.6 Å². The molecule has 0 unspecified atom stereocenters. The van der Waals surface area contributed by atoms with Crippen LogP contribution in [-0.2, 0) is 11.3 Å². The summed E-state index contributed by atoms with van der Waals surface area (Å²) in [6.07, 6.45) is 4.67. The maximum Gasteiger partial charge on any atom is 0.251 e. The number of hydrogen-bond acceptors (Lipinski definition) is 4. The van der Waals surface area contributed by atoms with Crippen molar-refractivity contribution in [3.8, 4) is 0 Å². The molecule has 2 aromatic rings. The second-order valence-electron chi connectivity index (χ2n) is 7.09. The minimum absolute atomic E-state index is 0.00301. The number of pyridine rings is 1. The van der Waals surface area contributed by atoms with Gasteiger partial charge in [-0.25, -0.2) is 4.98 Å². The van der Waals surface area contributed by atoms with E-state index >= 15 is 0 Å². The standard InChI is InChI=1S/C18H23N5O2/c1-12(24)21-8-16-14-7-13(15-3-2-4-18(25)23(15)16)9-22(10-14)11-17-19-5-6-20-17/h2-6,13-14,16H,7-11H2,1H3,(H,19,20)(H,21,24)/t13-,14+,16+/m1/s1. The molecule has 7 nitrogen and oxygen atoms in total. The van der Waals surface area contributed by atoms with Crippen LogP contribution in [0.25, 0.3) is 0 Å². The van der Waals surface area contributed by atoms with Crippen LogP contribution in [-0.4, -0.2) is 45.0 Å². The normalized spacial score (nSPS) is 25.4. The number of H-pyrrole nitrogens is 1. The lowest BCUT2D eigenvalue weighted by Crippen LogP contribution is -2.51. The Bertz CT molecular complexity index is 813. The first-order valence-corrected chi connectivity index (χ1v) is 8.78. The monoisotopic (exact) mass is 341 g/mol. The van der Waals surface area contributed by atoms with E-state index in [1.165, 1.54) is 6.92 Å². The molecular formula is C18H23N5O2. The molecule has 2 aliphatic rings. The summed E-state index contributed by atoms with van der Waals surface area (Å²) in [5.74, 6) is 1.59. The highest BCUT2D eigenvalue weighted by molar-refractivity contribution is 5.72. The first kappa shape index (κ1) is 16.1. The molecule has 2 aromatic heterocycles. The summed E-state index contributed by atoms with van der Waals surface area (Å²) < 4.78 is 1.92. The van der Waals surface area contributed by atoms with E-state index in [4.69, 9.17) is 0 Å². The van der Waals surface area contributed by atoms with Gasteiger partial charge in [-0.1, -0.05) is 6.07 Å². The molecule has 1 saturated heterocycles. The maximum atomic E-state index is 12.5. The summed E-state index contributed by atoms with van der Waals surface area (Å²) >= 11 is 0. The molecule has 132 valence electrons. The first-order valence-electron chi connectivity index (χ1n) is 8.78. The fourth-order valence-corrected chi connectivity index (χ4v) is 4.37. The number of nitrogens with one attached hydrogen (secondary N) is 2. The molecule has 2 bridgehead atoms.